The van der Waals surface area contributed by atoms with Crippen LogP contribution in [0.1, 0.15) is 38.3 Å². The summed E-state index contributed by atoms with van der Waals surface area (Å²) < 4.78 is 35.7. The Kier molecular flexibility index (Phi) is 11.4. The molecule has 0 aliphatic carbocycles. The van der Waals surface area contributed by atoms with Gasteiger partial charge in [0.15, 0.2) is 0 Å². The average Bonchev–Trinajstić information content (AvgIpc) is 2.95. The topological polar surface area (TPSA) is 96.0 Å². The summed E-state index contributed by atoms with van der Waals surface area (Å²) in [4.78, 5) is 28.6. The number of halogens is 2. The smallest absolute Gasteiger partial charge is 0.264 e. The number of nitrogens with one attached hydrogen (secondary N) is 1. The van der Waals surface area contributed by atoms with Crippen molar-refractivity contribution in [3.8, 4) is 5.75 Å². The summed E-state index contributed by atoms with van der Waals surface area (Å²) in [6.07, 6.45) is 0.732. The molecule has 0 unspecified atom stereocenters. The number of carbonyl (C=O) groups is 2. The average molecular weight is 710 g/mol. The Morgan fingerprint density at radius 2 is 1.61 bits per heavy atom. The van der Waals surface area contributed by atoms with E-state index in [9.17, 15) is 18.0 Å². The van der Waals surface area contributed by atoms with Crippen molar-refractivity contribution in [1.29, 1.82) is 0 Å². The van der Waals surface area contributed by atoms with Gasteiger partial charge in [-0.25, -0.2) is 8.42 Å². The highest BCUT2D eigenvalue weighted by Gasteiger charge is 2.33. The Morgan fingerprint density at radius 1 is 0.976 bits per heavy atom. The number of hydrogen-bond donors (Lipinski definition) is 1. The number of amides is 2. The third kappa shape index (κ3) is 8.33. The third-order valence-corrected chi connectivity index (χ3v) is 9.66. The molecule has 0 radical (unpaired) electrons. The zero-order valence-corrected chi connectivity index (χ0v) is 27.7. The second-order valence-electron chi connectivity index (χ2n) is 9.79. The standard InChI is InChI=1S/C30H35Br2N3O5S/c1-6-21(3)33-30(37)22(4)34(18-23-9-11-24(31)12-10-23)29(36)19-35(25-13-7-20(2)8-14-25)41(38,39)26-15-16-28(40-5)27(32)17-26/h7-17,21-22H,6,18-19H2,1-5H3,(H,33,37)/t21-,22-/m0/s1. The monoisotopic (exact) mass is 707 g/mol. The first-order chi connectivity index (χ1) is 19.4. The fraction of sp³-hybridized carbons (Fsp3) is 0.333. The molecule has 0 aliphatic heterocycles. The van der Waals surface area contributed by atoms with Crippen molar-refractivity contribution in [2.45, 2.75) is 57.6 Å². The summed E-state index contributed by atoms with van der Waals surface area (Å²) in [5, 5.41) is 2.93. The lowest BCUT2D eigenvalue weighted by atomic mass is 10.1. The number of carbonyl (C=O) groups excluding carboxylic acids is 2. The highest BCUT2D eigenvalue weighted by atomic mass is 79.9. The predicted molar refractivity (Wildman–Crippen MR) is 168 cm³/mol. The van der Waals surface area contributed by atoms with E-state index in [0.29, 0.717) is 15.9 Å². The van der Waals surface area contributed by atoms with Crippen LogP contribution in [-0.2, 0) is 26.2 Å². The van der Waals surface area contributed by atoms with Gasteiger partial charge in [0.25, 0.3) is 10.0 Å². The summed E-state index contributed by atoms with van der Waals surface area (Å²) >= 11 is 6.78. The Balaban J connectivity index is 2.04. The fourth-order valence-electron chi connectivity index (χ4n) is 4.01. The van der Waals surface area contributed by atoms with E-state index >= 15 is 0 Å². The number of nitrogens with zero attached hydrogens (tertiary/aromatic N) is 2. The van der Waals surface area contributed by atoms with E-state index in [1.807, 2.05) is 45.0 Å². The zero-order chi connectivity index (χ0) is 30.3. The molecule has 0 aromatic heterocycles. The highest BCUT2D eigenvalue weighted by molar-refractivity contribution is 9.10. The first-order valence-electron chi connectivity index (χ1n) is 13.1. The van der Waals surface area contributed by atoms with Crippen molar-refractivity contribution in [1.82, 2.24) is 10.2 Å². The maximum atomic E-state index is 14.0. The van der Waals surface area contributed by atoms with Crippen LogP contribution in [0.25, 0.3) is 0 Å². The first-order valence-corrected chi connectivity index (χ1v) is 16.2. The van der Waals surface area contributed by atoms with Gasteiger partial charge in [-0.3, -0.25) is 13.9 Å². The number of rotatable bonds is 12. The van der Waals surface area contributed by atoms with E-state index in [2.05, 4.69) is 37.2 Å². The lowest BCUT2D eigenvalue weighted by Gasteiger charge is -2.32. The van der Waals surface area contributed by atoms with Crippen molar-refractivity contribution >= 4 is 59.4 Å². The van der Waals surface area contributed by atoms with Crippen LogP contribution in [0.5, 0.6) is 5.75 Å². The normalized spacial score (nSPS) is 12.8. The minimum atomic E-state index is -4.20. The Bertz CT molecular complexity index is 1460. The Hall–Kier alpha value is -2.89. The molecule has 220 valence electrons. The van der Waals surface area contributed by atoms with Gasteiger partial charge in [0, 0.05) is 17.1 Å². The van der Waals surface area contributed by atoms with E-state index in [4.69, 9.17) is 4.74 Å². The van der Waals surface area contributed by atoms with Crippen molar-refractivity contribution < 1.29 is 22.7 Å². The molecule has 41 heavy (non-hydrogen) atoms. The largest absolute Gasteiger partial charge is 0.496 e. The van der Waals surface area contributed by atoms with Gasteiger partial charge in [0.2, 0.25) is 11.8 Å². The predicted octanol–water partition coefficient (Wildman–Crippen LogP) is 6.06. The lowest BCUT2D eigenvalue weighted by Crippen LogP contribution is -2.52. The summed E-state index contributed by atoms with van der Waals surface area (Å²) in [6.45, 7) is 7.02. The molecule has 11 heteroatoms. The molecule has 3 aromatic rings. The molecular weight excluding hydrogens is 674 g/mol. The summed E-state index contributed by atoms with van der Waals surface area (Å²) in [6, 6.07) is 17.8. The van der Waals surface area contributed by atoms with Gasteiger partial charge >= 0.3 is 0 Å². The van der Waals surface area contributed by atoms with E-state index in [0.717, 1.165) is 26.3 Å². The maximum absolute atomic E-state index is 14.0. The maximum Gasteiger partial charge on any atom is 0.264 e. The zero-order valence-electron chi connectivity index (χ0n) is 23.7. The van der Waals surface area contributed by atoms with Gasteiger partial charge in [0.05, 0.1) is 22.2 Å². The molecule has 0 saturated heterocycles. The van der Waals surface area contributed by atoms with Crippen molar-refractivity contribution in [2.75, 3.05) is 18.0 Å². The number of benzene rings is 3. The van der Waals surface area contributed by atoms with E-state index in [1.165, 1.54) is 24.1 Å². The van der Waals surface area contributed by atoms with Crippen molar-refractivity contribution in [2.24, 2.45) is 0 Å². The van der Waals surface area contributed by atoms with Crippen molar-refractivity contribution in [3.05, 3.63) is 86.8 Å². The van der Waals surface area contributed by atoms with Crippen LogP contribution in [-0.4, -0.2) is 50.9 Å². The minimum absolute atomic E-state index is 0.0134. The quantitative estimate of drug-likeness (QED) is 0.247. The number of ether oxygens (including phenoxy) is 1. The Labute approximate surface area is 259 Å². The molecule has 0 fully saturated rings. The van der Waals surface area contributed by atoms with Crippen LogP contribution >= 0.6 is 31.9 Å². The SMILES string of the molecule is CC[C@H](C)NC(=O)[C@H](C)N(Cc1ccc(Br)cc1)C(=O)CN(c1ccc(C)cc1)S(=O)(=O)c1ccc(OC)c(Br)c1. The van der Waals surface area contributed by atoms with Crippen molar-refractivity contribution in [3.63, 3.8) is 0 Å². The first kappa shape index (κ1) is 32.6. The molecule has 0 aliphatic rings. The van der Waals surface area contributed by atoms with Crippen LogP contribution in [0.4, 0.5) is 5.69 Å². The minimum Gasteiger partial charge on any atom is -0.496 e. The van der Waals surface area contributed by atoms with E-state index in [-0.39, 0.29) is 23.4 Å². The molecule has 2 atom stereocenters. The molecule has 3 aromatic carbocycles. The second kappa shape index (κ2) is 14.3. The molecule has 3 rings (SSSR count). The number of methoxy groups -OCH3 is 1. The second-order valence-corrected chi connectivity index (χ2v) is 13.4. The fourth-order valence-corrected chi connectivity index (χ4v) is 6.41. The van der Waals surface area contributed by atoms with E-state index in [1.54, 1.807) is 37.3 Å². The molecule has 1 N–H and O–H groups in total. The van der Waals surface area contributed by atoms with Crippen LogP contribution in [0.2, 0.25) is 0 Å². The molecular formula is C30H35Br2N3O5S. The van der Waals surface area contributed by atoms with Gasteiger partial charge in [-0.2, -0.15) is 0 Å². The lowest BCUT2D eigenvalue weighted by molar-refractivity contribution is -0.139. The number of hydrogen-bond acceptors (Lipinski definition) is 5. The van der Waals surface area contributed by atoms with Crippen LogP contribution < -0.4 is 14.4 Å². The summed E-state index contributed by atoms with van der Waals surface area (Å²) in [5.74, 6) is -0.353. The van der Waals surface area contributed by atoms with Gasteiger partial charge in [-0.15, -0.1) is 0 Å². The molecule has 0 bridgehead atoms. The van der Waals surface area contributed by atoms with Crippen LogP contribution in [0.3, 0.4) is 0 Å². The highest BCUT2D eigenvalue weighted by Crippen LogP contribution is 2.31. The van der Waals surface area contributed by atoms with Gasteiger partial charge < -0.3 is 15.0 Å². The Morgan fingerprint density at radius 3 is 2.17 bits per heavy atom. The van der Waals surface area contributed by atoms with Crippen LogP contribution in [0, 0.1) is 6.92 Å². The molecule has 0 saturated carbocycles. The summed E-state index contributed by atoms with van der Waals surface area (Å²) in [5.41, 5.74) is 2.07. The molecule has 8 nitrogen and oxygen atoms in total. The van der Waals surface area contributed by atoms with E-state index < -0.39 is 28.5 Å². The summed E-state index contributed by atoms with van der Waals surface area (Å²) in [7, 11) is -2.71. The van der Waals surface area contributed by atoms with Gasteiger partial charge in [-0.05, 0) is 91.1 Å². The van der Waals surface area contributed by atoms with Gasteiger partial charge in [0.1, 0.15) is 18.3 Å². The molecule has 2 amide bonds. The third-order valence-electron chi connectivity index (χ3n) is 6.75. The van der Waals surface area contributed by atoms with Crippen LogP contribution in [0.15, 0.2) is 80.6 Å². The van der Waals surface area contributed by atoms with Gasteiger partial charge in [-0.1, -0.05) is 52.7 Å². The number of aryl methyl sites for hydroxylation is 1. The molecule has 0 heterocycles. The molecule has 0 spiro atoms. The number of anilines is 1. The number of sulfonamides is 1.